The Labute approximate surface area is 94.0 Å². The molecule has 15 heavy (non-hydrogen) atoms. The fourth-order valence-electron chi connectivity index (χ4n) is 1.26. The van der Waals surface area contributed by atoms with Gasteiger partial charge in [-0.1, -0.05) is 13.8 Å². The fraction of sp³-hybridized carbons (Fsp3) is 1.00. The molecular weight excluding hydrogens is 212 g/mol. The summed E-state index contributed by atoms with van der Waals surface area (Å²) in [6.07, 6.45) is 0.735. The highest BCUT2D eigenvalue weighted by atomic mass is 32.2. The molecule has 0 atom stereocenters. The van der Waals surface area contributed by atoms with Gasteiger partial charge in [-0.3, -0.25) is 0 Å². The van der Waals surface area contributed by atoms with E-state index in [0.29, 0.717) is 5.75 Å². The second-order valence-electron chi connectivity index (χ2n) is 3.75. The van der Waals surface area contributed by atoms with Gasteiger partial charge in [0.15, 0.2) is 0 Å². The second kappa shape index (κ2) is 8.07. The molecular formula is C10H24N2O2S. The van der Waals surface area contributed by atoms with Gasteiger partial charge in [-0.25, -0.2) is 8.42 Å². The monoisotopic (exact) mass is 236 g/mol. The van der Waals surface area contributed by atoms with Gasteiger partial charge in [0.25, 0.3) is 0 Å². The van der Waals surface area contributed by atoms with Crippen LogP contribution in [0.5, 0.6) is 0 Å². The van der Waals surface area contributed by atoms with Gasteiger partial charge < -0.3 is 10.2 Å². The summed E-state index contributed by atoms with van der Waals surface area (Å²) in [7, 11) is -0.759. The predicted octanol–water partition coefficient (Wildman–Crippen LogP) is 0.353. The van der Waals surface area contributed by atoms with Crippen molar-refractivity contribution in [2.24, 2.45) is 0 Å². The van der Waals surface area contributed by atoms with Gasteiger partial charge in [0.1, 0.15) is 9.84 Å². The van der Waals surface area contributed by atoms with Crippen molar-refractivity contribution < 1.29 is 8.42 Å². The number of rotatable bonds is 9. The molecule has 0 aliphatic heterocycles. The smallest absolute Gasteiger partial charge is 0.150 e. The quantitative estimate of drug-likeness (QED) is 0.587. The van der Waals surface area contributed by atoms with Crippen LogP contribution in [0.1, 0.15) is 20.3 Å². The van der Waals surface area contributed by atoms with Crippen molar-refractivity contribution in [2.45, 2.75) is 20.3 Å². The molecule has 5 heteroatoms. The van der Waals surface area contributed by atoms with Crippen LogP contribution in [0.2, 0.25) is 0 Å². The van der Waals surface area contributed by atoms with Crippen molar-refractivity contribution in [3.05, 3.63) is 0 Å². The average molecular weight is 236 g/mol. The van der Waals surface area contributed by atoms with Crippen LogP contribution in [-0.2, 0) is 9.84 Å². The van der Waals surface area contributed by atoms with E-state index in [1.165, 1.54) is 0 Å². The van der Waals surface area contributed by atoms with E-state index < -0.39 is 9.84 Å². The molecule has 0 aromatic rings. The molecule has 0 aromatic heterocycles. The summed E-state index contributed by atoms with van der Waals surface area (Å²) in [5.74, 6) is 0.573. The van der Waals surface area contributed by atoms with Crippen molar-refractivity contribution in [3.63, 3.8) is 0 Å². The first-order valence-corrected chi connectivity index (χ1v) is 7.43. The van der Waals surface area contributed by atoms with Gasteiger partial charge in [-0.15, -0.1) is 0 Å². The maximum absolute atomic E-state index is 11.2. The molecule has 0 saturated carbocycles. The van der Waals surface area contributed by atoms with Gasteiger partial charge in [0.2, 0.25) is 0 Å². The van der Waals surface area contributed by atoms with E-state index in [-0.39, 0.29) is 5.75 Å². The van der Waals surface area contributed by atoms with E-state index in [4.69, 9.17) is 0 Å². The Bertz CT molecular complexity index is 240. The average Bonchev–Trinajstić information content (AvgIpc) is 2.18. The largest absolute Gasteiger partial charge is 0.316 e. The summed E-state index contributed by atoms with van der Waals surface area (Å²) in [6, 6.07) is 0. The molecule has 4 nitrogen and oxygen atoms in total. The zero-order valence-corrected chi connectivity index (χ0v) is 10.9. The standard InChI is InChI=1S/C10H24N2O2S/c1-4-11-7-9-12(3)8-6-10-15(13,14)5-2/h11H,4-10H2,1-3H3. The Morgan fingerprint density at radius 2 is 1.87 bits per heavy atom. The minimum atomic E-state index is -2.78. The molecule has 0 bridgehead atoms. The fourth-order valence-corrected chi connectivity index (χ4v) is 2.11. The molecule has 92 valence electrons. The van der Waals surface area contributed by atoms with Crippen molar-refractivity contribution in [1.82, 2.24) is 10.2 Å². The topological polar surface area (TPSA) is 49.4 Å². The van der Waals surface area contributed by atoms with Crippen molar-refractivity contribution in [3.8, 4) is 0 Å². The summed E-state index contributed by atoms with van der Waals surface area (Å²) >= 11 is 0. The molecule has 0 fully saturated rings. The molecule has 0 aliphatic carbocycles. The predicted molar refractivity (Wildman–Crippen MR) is 65.0 cm³/mol. The first kappa shape index (κ1) is 14.9. The Morgan fingerprint density at radius 1 is 1.20 bits per heavy atom. The van der Waals surface area contributed by atoms with Gasteiger partial charge in [-0.05, 0) is 26.6 Å². The zero-order valence-electron chi connectivity index (χ0n) is 10.1. The molecule has 0 amide bonds. The minimum Gasteiger partial charge on any atom is -0.316 e. The summed E-state index contributed by atoms with van der Waals surface area (Å²) in [5, 5.41) is 3.24. The molecule has 1 N–H and O–H groups in total. The molecule has 0 spiro atoms. The highest BCUT2D eigenvalue weighted by molar-refractivity contribution is 7.91. The SMILES string of the molecule is CCNCCN(C)CCCS(=O)(=O)CC. The Kier molecular flexibility index (Phi) is 8.00. The van der Waals surface area contributed by atoms with E-state index >= 15 is 0 Å². The minimum absolute atomic E-state index is 0.258. The van der Waals surface area contributed by atoms with E-state index in [2.05, 4.69) is 17.1 Å². The summed E-state index contributed by atoms with van der Waals surface area (Å²) in [5.41, 5.74) is 0. The summed E-state index contributed by atoms with van der Waals surface area (Å²) in [6.45, 7) is 7.55. The number of hydrogen-bond donors (Lipinski definition) is 1. The number of nitrogens with one attached hydrogen (secondary N) is 1. The third-order valence-electron chi connectivity index (χ3n) is 2.36. The number of nitrogens with zero attached hydrogens (tertiary/aromatic N) is 1. The van der Waals surface area contributed by atoms with E-state index in [1.54, 1.807) is 6.92 Å². The van der Waals surface area contributed by atoms with E-state index in [0.717, 1.165) is 32.6 Å². The number of hydrogen-bond acceptors (Lipinski definition) is 4. The number of sulfone groups is 1. The maximum Gasteiger partial charge on any atom is 0.150 e. The van der Waals surface area contributed by atoms with Crippen molar-refractivity contribution in [2.75, 3.05) is 44.7 Å². The van der Waals surface area contributed by atoms with Crippen LogP contribution in [-0.4, -0.2) is 58.1 Å². The number of likely N-dealkylation sites (N-methyl/N-ethyl adjacent to an activating group) is 2. The lowest BCUT2D eigenvalue weighted by Gasteiger charge is -2.16. The van der Waals surface area contributed by atoms with E-state index in [9.17, 15) is 8.42 Å². The van der Waals surface area contributed by atoms with Crippen LogP contribution < -0.4 is 5.32 Å². The van der Waals surface area contributed by atoms with Crippen LogP contribution in [0.25, 0.3) is 0 Å². The Morgan fingerprint density at radius 3 is 2.40 bits per heavy atom. The maximum atomic E-state index is 11.2. The third-order valence-corrected chi connectivity index (χ3v) is 4.15. The Balaban J connectivity index is 3.50. The van der Waals surface area contributed by atoms with Crippen LogP contribution in [0, 0.1) is 0 Å². The van der Waals surface area contributed by atoms with Crippen molar-refractivity contribution >= 4 is 9.84 Å². The lowest BCUT2D eigenvalue weighted by atomic mass is 10.4. The molecule has 0 aliphatic rings. The molecule has 0 radical (unpaired) electrons. The zero-order chi connectivity index (χ0) is 11.7. The highest BCUT2D eigenvalue weighted by Gasteiger charge is 2.07. The molecule has 0 saturated heterocycles. The molecule has 0 heterocycles. The first-order valence-electron chi connectivity index (χ1n) is 5.61. The van der Waals surface area contributed by atoms with Crippen LogP contribution in [0.4, 0.5) is 0 Å². The van der Waals surface area contributed by atoms with E-state index in [1.807, 2.05) is 7.05 Å². The van der Waals surface area contributed by atoms with Gasteiger partial charge >= 0.3 is 0 Å². The normalized spacial score (nSPS) is 12.3. The van der Waals surface area contributed by atoms with Gasteiger partial charge in [-0.2, -0.15) is 0 Å². The lowest BCUT2D eigenvalue weighted by Crippen LogP contribution is -2.30. The van der Waals surface area contributed by atoms with Crippen molar-refractivity contribution in [1.29, 1.82) is 0 Å². The highest BCUT2D eigenvalue weighted by Crippen LogP contribution is 1.95. The van der Waals surface area contributed by atoms with Crippen LogP contribution >= 0.6 is 0 Å². The van der Waals surface area contributed by atoms with Gasteiger partial charge in [0, 0.05) is 18.8 Å². The van der Waals surface area contributed by atoms with Crippen LogP contribution in [0.3, 0.4) is 0 Å². The summed E-state index contributed by atoms with van der Waals surface area (Å²) < 4.78 is 22.4. The first-order chi connectivity index (χ1) is 7.02. The third kappa shape index (κ3) is 8.84. The second-order valence-corrected chi connectivity index (χ2v) is 6.22. The Hall–Kier alpha value is -0.130. The molecule has 0 unspecified atom stereocenters. The molecule has 0 aromatic carbocycles. The summed E-state index contributed by atoms with van der Waals surface area (Å²) in [4.78, 5) is 2.16. The molecule has 0 rings (SSSR count). The van der Waals surface area contributed by atoms with Crippen LogP contribution in [0.15, 0.2) is 0 Å². The van der Waals surface area contributed by atoms with Gasteiger partial charge in [0.05, 0.1) is 5.75 Å². The lowest BCUT2D eigenvalue weighted by molar-refractivity contribution is 0.333.